The molecule has 0 aliphatic carbocycles. The molecule has 3 rings (SSSR count). The van der Waals surface area contributed by atoms with Gasteiger partial charge in [-0.3, -0.25) is 4.79 Å². The van der Waals surface area contributed by atoms with Gasteiger partial charge < -0.3 is 9.64 Å². The Morgan fingerprint density at radius 3 is 2.78 bits per heavy atom. The molecule has 0 N–H and O–H groups in total. The Morgan fingerprint density at radius 2 is 2.11 bits per heavy atom. The van der Waals surface area contributed by atoms with Crippen molar-refractivity contribution in [2.75, 3.05) is 18.6 Å². The van der Waals surface area contributed by atoms with Crippen LogP contribution in [0.25, 0.3) is 0 Å². The minimum Gasteiger partial charge on any atom is -0.497 e. The molecule has 2 fully saturated rings. The van der Waals surface area contributed by atoms with Gasteiger partial charge in [0.15, 0.2) is 0 Å². The Labute approximate surface area is 111 Å². The minimum absolute atomic E-state index is 0.270. The average Bonchev–Trinajstić information content (AvgIpc) is 2.63. The number of methoxy groups -OCH3 is 1. The van der Waals surface area contributed by atoms with Crippen LogP contribution in [0.5, 0.6) is 5.75 Å². The van der Waals surface area contributed by atoms with E-state index >= 15 is 0 Å². The van der Waals surface area contributed by atoms with Crippen molar-refractivity contribution in [2.24, 2.45) is 5.92 Å². The normalized spacial score (nSPS) is 26.5. The number of carbonyl (C=O) groups is 1. The highest BCUT2D eigenvalue weighted by Gasteiger charge is 2.41. The number of rotatable bonds is 3. The lowest BCUT2D eigenvalue weighted by atomic mass is 10.1. The van der Waals surface area contributed by atoms with Gasteiger partial charge in [-0.25, -0.2) is 0 Å². The smallest absolute Gasteiger partial charge is 0.227 e. The second-order valence-corrected chi connectivity index (χ2v) is 6.01. The van der Waals surface area contributed by atoms with Crippen molar-refractivity contribution in [3.8, 4) is 5.75 Å². The Bertz CT molecular complexity index is 446. The molecule has 2 bridgehead atoms. The monoisotopic (exact) mass is 263 g/mol. The van der Waals surface area contributed by atoms with E-state index in [1.165, 1.54) is 5.56 Å². The predicted octanol–water partition coefficient (Wildman–Crippen LogP) is 2.16. The summed E-state index contributed by atoms with van der Waals surface area (Å²) in [6.07, 6.45) is 1.06. The quantitative estimate of drug-likeness (QED) is 0.837. The summed E-state index contributed by atoms with van der Waals surface area (Å²) >= 11 is 1.92. The molecule has 1 aromatic rings. The summed E-state index contributed by atoms with van der Waals surface area (Å²) < 4.78 is 5.15. The van der Waals surface area contributed by atoms with Gasteiger partial charge in [-0.2, -0.15) is 11.8 Å². The fourth-order valence-electron chi connectivity index (χ4n) is 2.75. The van der Waals surface area contributed by atoms with Crippen LogP contribution in [-0.4, -0.2) is 35.5 Å². The lowest BCUT2D eigenvalue weighted by Crippen LogP contribution is -2.33. The molecule has 0 saturated carbocycles. The van der Waals surface area contributed by atoms with Crippen molar-refractivity contribution in [3.05, 3.63) is 29.8 Å². The molecule has 4 heteroatoms. The Kier molecular flexibility index (Phi) is 3.20. The van der Waals surface area contributed by atoms with E-state index < -0.39 is 0 Å². The van der Waals surface area contributed by atoms with Gasteiger partial charge in [-0.1, -0.05) is 12.1 Å². The maximum atomic E-state index is 12.2. The first-order valence-corrected chi connectivity index (χ1v) is 7.44. The molecule has 0 radical (unpaired) electrons. The van der Waals surface area contributed by atoms with Gasteiger partial charge in [0.2, 0.25) is 5.91 Å². The predicted molar refractivity (Wildman–Crippen MR) is 72.8 cm³/mol. The zero-order valence-electron chi connectivity index (χ0n) is 10.5. The molecule has 1 aromatic carbocycles. The molecule has 2 heterocycles. The van der Waals surface area contributed by atoms with E-state index in [0.29, 0.717) is 11.9 Å². The summed E-state index contributed by atoms with van der Waals surface area (Å²) in [5, 5.41) is 0. The molecule has 2 atom stereocenters. The number of hydrogen-bond acceptors (Lipinski definition) is 3. The van der Waals surface area contributed by atoms with Gasteiger partial charge in [-0.05, 0) is 24.1 Å². The summed E-state index contributed by atoms with van der Waals surface area (Å²) in [5.74, 6) is 3.58. The molecule has 3 nitrogen and oxygen atoms in total. The van der Waals surface area contributed by atoms with Crippen LogP contribution in [0.1, 0.15) is 12.0 Å². The van der Waals surface area contributed by atoms with Gasteiger partial charge in [0.25, 0.3) is 0 Å². The maximum Gasteiger partial charge on any atom is 0.227 e. The summed E-state index contributed by atoms with van der Waals surface area (Å²) in [4.78, 5) is 14.3. The third kappa shape index (κ3) is 2.09. The second-order valence-electron chi connectivity index (χ2n) is 4.94. The topological polar surface area (TPSA) is 29.5 Å². The van der Waals surface area contributed by atoms with Crippen LogP contribution in [0.15, 0.2) is 24.3 Å². The van der Waals surface area contributed by atoms with Gasteiger partial charge in [0.1, 0.15) is 5.75 Å². The highest BCUT2D eigenvalue weighted by Crippen LogP contribution is 2.35. The fraction of sp³-hybridized carbons (Fsp3) is 0.500. The van der Waals surface area contributed by atoms with Crippen LogP contribution in [0.2, 0.25) is 0 Å². The molecular formula is C14H17NO2S. The van der Waals surface area contributed by atoms with Crippen molar-refractivity contribution >= 4 is 17.7 Å². The van der Waals surface area contributed by atoms with E-state index in [1.807, 2.05) is 36.0 Å². The van der Waals surface area contributed by atoms with Crippen molar-refractivity contribution in [1.82, 2.24) is 4.90 Å². The van der Waals surface area contributed by atoms with Crippen LogP contribution in [0.4, 0.5) is 0 Å². The second kappa shape index (κ2) is 4.84. The van der Waals surface area contributed by atoms with Crippen LogP contribution in [-0.2, 0) is 11.3 Å². The van der Waals surface area contributed by atoms with Crippen LogP contribution in [0, 0.1) is 5.92 Å². The van der Waals surface area contributed by atoms with E-state index in [1.54, 1.807) is 7.11 Å². The summed E-state index contributed by atoms with van der Waals surface area (Å²) in [6, 6.07) is 8.44. The molecular weight excluding hydrogens is 246 g/mol. The summed E-state index contributed by atoms with van der Waals surface area (Å²) in [6.45, 7) is 0.741. The van der Waals surface area contributed by atoms with Gasteiger partial charge in [-0.15, -0.1) is 0 Å². The first-order valence-electron chi connectivity index (χ1n) is 6.29. The highest BCUT2D eigenvalue weighted by molar-refractivity contribution is 7.99. The van der Waals surface area contributed by atoms with Gasteiger partial charge >= 0.3 is 0 Å². The summed E-state index contributed by atoms with van der Waals surface area (Å²) in [7, 11) is 1.67. The summed E-state index contributed by atoms with van der Waals surface area (Å²) in [5.41, 5.74) is 1.18. The Balaban J connectivity index is 1.73. The standard InChI is InChI=1S/C14H17NO2S/c1-17-13-4-2-10(3-5-13)7-15-12-6-11(14(15)16)8-18-9-12/h2-5,11-12H,6-9H2,1H3/t11-,12-/m0/s1. The van der Waals surface area contributed by atoms with Crippen molar-refractivity contribution in [3.63, 3.8) is 0 Å². The maximum absolute atomic E-state index is 12.2. The average molecular weight is 263 g/mol. The van der Waals surface area contributed by atoms with Gasteiger partial charge in [0, 0.05) is 30.0 Å². The van der Waals surface area contributed by atoms with Crippen molar-refractivity contribution in [1.29, 1.82) is 0 Å². The number of benzene rings is 1. The SMILES string of the molecule is COc1ccc(CN2C(=O)[C@@H]3CSC[C@@H]2C3)cc1. The molecule has 0 unspecified atom stereocenters. The molecule has 2 aliphatic heterocycles. The highest BCUT2D eigenvalue weighted by atomic mass is 32.2. The van der Waals surface area contributed by atoms with E-state index in [0.717, 1.165) is 30.2 Å². The van der Waals surface area contributed by atoms with E-state index in [-0.39, 0.29) is 5.92 Å². The van der Waals surface area contributed by atoms with Crippen LogP contribution in [0.3, 0.4) is 0 Å². The molecule has 18 heavy (non-hydrogen) atoms. The molecule has 2 aliphatic rings. The van der Waals surface area contributed by atoms with Crippen molar-refractivity contribution in [2.45, 2.75) is 19.0 Å². The van der Waals surface area contributed by atoms with Crippen LogP contribution >= 0.6 is 11.8 Å². The molecule has 96 valence electrons. The van der Waals surface area contributed by atoms with E-state index in [4.69, 9.17) is 4.74 Å². The lowest BCUT2D eigenvalue weighted by molar-refractivity contribution is -0.131. The number of ether oxygens (including phenoxy) is 1. The number of carbonyl (C=O) groups excluding carboxylic acids is 1. The van der Waals surface area contributed by atoms with Gasteiger partial charge in [0.05, 0.1) is 7.11 Å². The third-order valence-corrected chi connectivity index (χ3v) is 5.03. The number of amides is 1. The largest absolute Gasteiger partial charge is 0.497 e. The Morgan fingerprint density at radius 1 is 1.33 bits per heavy atom. The number of fused-ring (bicyclic) bond motifs is 2. The van der Waals surface area contributed by atoms with Crippen molar-refractivity contribution < 1.29 is 9.53 Å². The third-order valence-electron chi connectivity index (χ3n) is 3.77. The van der Waals surface area contributed by atoms with E-state index in [9.17, 15) is 4.79 Å². The Hall–Kier alpha value is -1.16. The van der Waals surface area contributed by atoms with E-state index in [2.05, 4.69) is 4.90 Å². The zero-order chi connectivity index (χ0) is 12.5. The lowest BCUT2D eigenvalue weighted by Gasteiger charge is -2.24. The number of thioether (sulfide) groups is 1. The fourth-order valence-corrected chi connectivity index (χ4v) is 4.04. The molecule has 0 aromatic heterocycles. The number of likely N-dealkylation sites (tertiary alicyclic amines) is 1. The zero-order valence-corrected chi connectivity index (χ0v) is 11.3. The molecule has 0 spiro atoms. The first-order chi connectivity index (χ1) is 8.78. The van der Waals surface area contributed by atoms with Crippen LogP contribution < -0.4 is 4.74 Å². The minimum atomic E-state index is 0.270. The molecule has 2 saturated heterocycles. The number of hydrogen-bond donors (Lipinski definition) is 0. The molecule has 1 amide bonds. The first kappa shape index (κ1) is 11.9. The number of nitrogens with zero attached hydrogens (tertiary/aromatic N) is 1.